The van der Waals surface area contributed by atoms with Crippen LogP contribution in [0.4, 0.5) is 0 Å². The molecule has 1 fully saturated rings. The minimum atomic E-state index is -0.804. The molecular weight excluding hydrogens is 432 g/mol. The Bertz CT molecular complexity index is 1030. The number of nitrogens with zero attached hydrogens (tertiary/aromatic N) is 2. The summed E-state index contributed by atoms with van der Waals surface area (Å²) in [4.78, 5) is 29.7. The predicted molar refractivity (Wildman–Crippen MR) is 123 cm³/mol. The number of Topliss-reactive ketones (excluding diaryl/α,β-unsaturated/α-hetero) is 1. The molecule has 2 aromatic rings. The molecule has 1 aliphatic heterocycles. The zero-order chi connectivity index (χ0) is 23.4. The Labute approximate surface area is 193 Å². The number of hydrogen-bond acceptors (Lipinski definition) is 6. The maximum absolute atomic E-state index is 13.0. The van der Waals surface area contributed by atoms with Crippen LogP contribution in [0.25, 0.3) is 5.76 Å². The molecule has 2 heterocycles. The van der Waals surface area contributed by atoms with Gasteiger partial charge >= 0.3 is 0 Å². The van der Waals surface area contributed by atoms with Crippen molar-refractivity contribution < 1.29 is 23.8 Å². The molecule has 0 aliphatic carbocycles. The summed E-state index contributed by atoms with van der Waals surface area (Å²) in [6.07, 6.45) is 0.694. The van der Waals surface area contributed by atoms with Crippen molar-refractivity contribution in [1.82, 2.24) is 9.80 Å². The largest absolute Gasteiger partial charge is 0.507 e. The highest BCUT2D eigenvalue weighted by Gasteiger charge is 2.47. The third kappa shape index (κ3) is 4.69. The molecule has 1 atom stereocenters. The van der Waals surface area contributed by atoms with Crippen molar-refractivity contribution in [2.45, 2.75) is 33.2 Å². The molecule has 0 spiro atoms. The minimum absolute atomic E-state index is 0.00609. The third-order valence-corrected chi connectivity index (χ3v) is 6.06. The first-order valence-electron chi connectivity index (χ1n) is 10.7. The molecule has 1 saturated heterocycles. The van der Waals surface area contributed by atoms with Crippen molar-refractivity contribution in [3.63, 3.8) is 0 Å². The van der Waals surface area contributed by atoms with E-state index in [1.54, 1.807) is 31.2 Å². The predicted octanol–water partition coefficient (Wildman–Crippen LogP) is 4.40. The fourth-order valence-corrected chi connectivity index (χ4v) is 4.24. The Balaban J connectivity index is 2.02. The van der Waals surface area contributed by atoms with Crippen molar-refractivity contribution in [2.24, 2.45) is 0 Å². The van der Waals surface area contributed by atoms with E-state index in [2.05, 4.69) is 18.7 Å². The van der Waals surface area contributed by atoms with Crippen LogP contribution in [0.3, 0.4) is 0 Å². The van der Waals surface area contributed by atoms with Crippen molar-refractivity contribution >= 4 is 29.1 Å². The Morgan fingerprint density at radius 3 is 2.50 bits per heavy atom. The van der Waals surface area contributed by atoms with Gasteiger partial charge in [0, 0.05) is 12.1 Å². The van der Waals surface area contributed by atoms with E-state index in [1.807, 2.05) is 0 Å². The standard InChI is InChI=1S/C24H29ClN2O5/c1-5-26(6-2)12-7-13-27-21(19-10-8-15(3)32-19)20(23(29)24(27)30)22(28)16-9-11-18(31-4)17(25)14-16/h8-11,14,21,28H,5-7,12-13H2,1-4H3/t21-/m1/s1. The van der Waals surface area contributed by atoms with Crippen molar-refractivity contribution in [3.05, 3.63) is 58.0 Å². The second-order valence-electron chi connectivity index (χ2n) is 7.67. The lowest BCUT2D eigenvalue weighted by atomic mass is 9.99. The second-order valence-corrected chi connectivity index (χ2v) is 8.08. The molecule has 1 aromatic carbocycles. The topological polar surface area (TPSA) is 83.2 Å². The van der Waals surface area contributed by atoms with Gasteiger partial charge in [0.1, 0.15) is 29.1 Å². The molecular formula is C24H29ClN2O5. The number of aliphatic hydroxyl groups is 1. The number of furan rings is 1. The van der Waals surface area contributed by atoms with Crippen LogP contribution in [0.1, 0.15) is 43.4 Å². The van der Waals surface area contributed by atoms with Gasteiger partial charge in [0.2, 0.25) is 0 Å². The number of carbonyl (C=O) groups excluding carboxylic acids is 2. The van der Waals surface area contributed by atoms with E-state index in [9.17, 15) is 14.7 Å². The number of halogens is 1. The van der Waals surface area contributed by atoms with Crippen LogP contribution in [0.2, 0.25) is 5.02 Å². The molecule has 3 rings (SSSR count). The molecule has 32 heavy (non-hydrogen) atoms. The Kier molecular flexibility index (Phi) is 7.64. The van der Waals surface area contributed by atoms with Gasteiger partial charge in [-0.2, -0.15) is 0 Å². The highest BCUT2D eigenvalue weighted by atomic mass is 35.5. The summed E-state index contributed by atoms with van der Waals surface area (Å²) >= 11 is 6.21. The van der Waals surface area contributed by atoms with Crippen LogP contribution in [0.5, 0.6) is 5.75 Å². The molecule has 7 nitrogen and oxygen atoms in total. The number of rotatable bonds is 9. The number of benzene rings is 1. The first-order valence-corrected chi connectivity index (χ1v) is 11.1. The molecule has 0 unspecified atom stereocenters. The van der Waals surface area contributed by atoms with Gasteiger partial charge in [0.05, 0.1) is 17.7 Å². The monoisotopic (exact) mass is 460 g/mol. The summed E-state index contributed by atoms with van der Waals surface area (Å²) < 4.78 is 11.0. The van der Waals surface area contributed by atoms with Gasteiger partial charge < -0.3 is 24.1 Å². The third-order valence-electron chi connectivity index (χ3n) is 5.76. The number of likely N-dealkylation sites (tertiary alicyclic amines) is 1. The molecule has 0 bridgehead atoms. The number of ketones is 1. The molecule has 0 radical (unpaired) electrons. The Morgan fingerprint density at radius 2 is 1.94 bits per heavy atom. The van der Waals surface area contributed by atoms with E-state index in [1.165, 1.54) is 18.1 Å². The summed E-state index contributed by atoms with van der Waals surface area (Å²) in [5.41, 5.74) is 0.318. The summed E-state index contributed by atoms with van der Waals surface area (Å²) in [5, 5.41) is 11.4. The van der Waals surface area contributed by atoms with Crippen LogP contribution in [-0.2, 0) is 9.59 Å². The van der Waals surface area contributed by atoms with Crippen molar-refractivity contribution in [2.75, 3.05) is 33.3 Å². The molecule has 0 saturated carbocycles. The zero-order valence-electron chi connectivity index (χ0n) is 18.9. The highest BCUT2D eigenvalue weighted by molar-refractivity contribution is 6.46. The summed E-state index contributed by atoms with van der Waals surface area (Å²) in [6.45, 7) is 8.95. The lowest BCUT2D eigenvalue weighted by molar-refractivity contribution is -0.140. The molecule has 1 aromatic heterocycles. The van der Waals surface area contributed by atoms with Gasteiger partial charge in [-0.25, -0.2) is 0 Å². The molecule has 8 heteroatoms. The second kappa shape index (κ2) is 10.2. The van der Waals surface area contributed by atoms with Crippen LogP contribution in [0.15, 0.2) is 40.3 Å². The number of amides is 1. The molecule has 1 N–H and O–H groups in total. The average Bonchev–Trinajstić information content (AvgIpc) is 3.32. The van der Waals surface area contributed by atoms with Crippen LogP contribution < -0.4 is 4.74 Å². The molecule has 1 amide bonds. The summed E-state index contributed by atoms with van der Waals surface area (Å²) in [5.74, 6) is -0.149. The quantitative estimate of drug-likeness (QED) is 0.339. The van der Waals surface area contributed by atoms with Crippen LogP contribution >= 0.6 is 11.6 Å². The van der Waals surface area contributed by atoms with Gasteiger partial charge in [0.15, 0.2) is 0 Å². The number of hydrogen-bond donors (Lipinski definition) is 1. The fourth-order valence-electron chi connectivity index (χ4n) is 3.98. The fraction of sp³-hybridized carbons (Fsp3) is 0.417. The molecule has 1 aliphatic rings. The maximum Gasteiger partial charge on any atom is 0.295 e. The zero-order valence-corrected chi connectivity index (χ0v) is 19.6. The Morgan fingerprint density at radius 1 is 1.22 bits per heavy atom. The summed E-state index contributed by atoms with van der Waals surface area (Å²) in [7, 11) is 1.49. The minimum Gasteiger partial charge on any atom is -0.507 e. The number of ether oxygens (including phenoxy) is 1. The van der Waals surface area contributed by atoms with Gasteiger partial charge in [0.25, 0.3) is 11.7 Å². The van der Waals surface area contributed by atoms with Gasteiger partial charge in [-0.3, -0.25) is 9.59 Å². The van der Waals surface area contributed by atoms with Crippen LogP contribution in [0, 0.1) is 6.92 Å². The number of aryl methyl sites for hydroxylation is 1. The van der Waals surface area contributed by atoms with E-state index >= 15 is 0 Å². The number of aliphatic hydroxyl groups excluding tert-OH is 1. The number of carbonyl (C=O) groups is 2. The van der Waals surface area contributed by atoms with E-state index in [0.717, 1.165) is 19.6 Å². The van der Waals surface area contributed by atoms with Crippen molar-refractivity contribution in [3.8, 4) is 5.75 Å². The van der Waals surface area contributed by atoms with Crippen molar-refractivity contribution in [1.29, 1.82) is 0 Å². The van der Waals surface area contributed by atoms with E-state index in [4.69, 9.17) is 20.8 Å². The number of methoxy groups -OCH3 is 1. The highest BCUT2D eigenvalue weighted by Crippen LogP contribution is 2.40. The SMILES string of the molecule is CCN(CC)CCCN1C(=O)C(=O)C(=C(O)c2ccc(OC)c(Cl)c2)[C@H]1c1ccc(C)o1. The van der Waals surface area contributed by atoms with E-state index < -0.39 is 17.7 Å². The first-order chi connectivity index (χ1) is 15.3. The normalized spacial score (nSPS) is 18.1. The maximum atomic E-state index is 13.0. The Hall–Kier alpha value is -2.77. The van der Waals surface area contributed by atoms with Gasteiger partial charge in [-0.05, 0) is 63.3 Å². The van der Waals surface area contributed by atoms with E-state index in [-0.39, 0.29) is 16.4 Å². The van der Waals surface area contributed by atoms with Gasteiger partial charge in [-0.15, -0.1) is 0 Å². The lowest BCUT2D eigenvalue weighted by Gasteiger charge is -2.25. The van der Waals surface area contributed by atoms with Gasteiger partial charge in [-0.1, -0.05) is 25.4 Å². The first kappa shape index (κ1) is 23.9. The smallest absolute Gasteiger partial charge is 0.295 e. The average molecular weight is 461 g/mol. The summed E-state index contributed by atoms with van der Waals surface area (Å²) in [6, 6.07) is 7.41. The van der Waals surface area contributed by atoms with E-state index in [0.29, 0.717) is 35.8 Å². The molecule has 172 valence electrons. The lowest BCUT2D eigenvalue weighted by Crippen LogP contribution is -2.33. The van der Waals surface area contributed by atoms with Crippen LogP contribution in [-0.4, -0.2) is 59.9 Å².